The van der Waals surface area contributed by atoms with Crippen LogP contribution in [0.2, 0.25) is 0 Å². The molecule has 1 N–H and O–H groups in total. The number of hydrogen-bond donors (Lipinski definition) is 1. The first-order chi connectivity index (χ1) is 10.6. The Hall–Kier alpha value is -2.48. The summed E-state index contributed by atoms with van der Waals surface area (Å²) in [6, 6.07) is 0. The van der Waals surface area contributed by atoms with Crippen LogP contribution in [0.1, 0.15) is 16.1 Å². The van der Waals surface area contributed by atoms with E-state index in [1.807, 2.05) is 0 Å². The summed E-state index contributed by atoms with van der Waals surface area (Å²) in [5.41, 5.74) is 0.284. The Morgan fingerprint density at radius 1 is 1.27 bits per heavy atom. The monoisotopic (exact) mass is 322 g/mol. The van der Waals surface area contributed by atoms with Gasteiger partial charge in [0.25, 0.3) is 0 Å². The molecule has 22 heavy (non-hydrogen) atoms. The molecule has 0 aromatic carbocycles. The zero-order chi connectivity index (χ0) is 16.1. The van der Waals surface area contributed by atoms with Gasteiger partial charge in [-0.15, -0.1) is 0 Å². The van der Waals surface area contributed by atoms with Crippen LogP contribution >= 0.6 is 11.3 Å². The normalized spacial score (nSPS) is 16.6. The summed E-state index contributed by atoms with van der Waals surface area (Å²) in [5, 5.41) is 2.87. The highest BCUT2D eigenvalue weighted by molar-refractivity contribution is 7.17. The van der Waals surface area contributed by atoms with Crippen molar-refractivity contribution in [1.82, 2.24) is 4.98 Å². The van der Waals surface area contributed by atoms with Crippen LogP contribution < -0.4 is 5.32 Å². The van der Waals surface area contributed by atoms with Crippen molar-refractivity contribution in [2.45, 2.75) is 6.42 Å². The van der Waals surface area contributed by atoms with Gasteiger partial charge in [0.2, 0.25) is 5.91 Å². The molecule has 8 heteroatoms. The minimum atomic E-state index is -0.650. The average molecular weight is 322 g/mol. The molecule has 0 aliphatic heterocycles. The number of carbonyl (C=O) groups is 3. The fourth-order valence-electron chi connectivity index (χ4n) is 1.93. The number of rotatable bonds is 4. The van der Waals surface area contributed by atoms with Crippen molar-refractivity contribution >= 4 is 34.3 Å². The Bertz CT molecular complexity index is 662. The van der Waals surface area contributed by atoms with Crippen LogP contribution in [0.3, 0.4) is 0 Å². The Labute approximate surface area is 130 Å². The summed E-state index contributed by atoms with van der Waals surface area (Å²) in [5.74, 6) is -2.10. The van der Waals surface area contributed by atoms with Gasteiger partial charge in [0.1, 0.15) is 4.88 Å². The highest BCUT2D eigenvalue weighted by Gasteiger charge is 2.29. The summed E-state index contributed by atoms with van der Waals surface area (Å²) in [7, 11) is 2.53. The van der Waals surface area contributed by atoms with E-state index in [1.54, 1.807) is 18.2 Å². The summed E-state index contributed by atoms with van der Waals surface area (Å²) in [6.07, 6.45) is 6.76. The van der Waals surface area contributed by atoms with Crippen LogP contribution in [0.5, 0.6) is 0 Å². The average Bonchev–Trinajstić information content (AvgIpc) is 3.01. The van der Waals surface area contributed by atoms with Crippen molar-refractivity contribution in [2.24, 2.45) is 5.92 Å². The topological polar surface area (TPSA) is 94.6 Å². The van der Waals surface area contributed by atoms with E-state index < -0.39 is 17.9 Å². The van der Waals surface area contributed by atoms with E-state index in [9.17, 15) is 14.4 Å². The Kier molecular flexibility index (Phi) is 5.05. The van der Waals surface area contributed by atoms with Gasteiger partial charge in [-0.3, -0.25) is 4.79 Å². The Balaban J connectivity index is 2.10. The Morgan fingerprint density at radius 2 is 2.00 bits per heavy atom. The number of thiazole rings is 1. The first-order valence-electron chi connectivity index (χ1n) is 6.37. The molecule has 1 amide bonds. The quantitative estimate of drug-likeness (QED) is 0.845. The van der Waals surface area contributed by atoms with Gasteiger partial charge in [0.15, 0.2) is 5.13 Å². The lowest BCUT2D eigenvalue weighted by molar-refractivity contribution is -0.138. The van der Waals surface area contributed by atoms with Crippen molar-refractivity contribution < 1.29 is 23.9 Å². The van der Waals surface area contributed by atoms with Crippen molar-refractivity contribution in [2.75, 3.05) is 19.5 Å². The van der Waals surface area contributed by atoms with Gasteiger partial charge >= 0.3 is 11.9 Å². The molecular weight excluding hydrogens is 308 g/mol. The SMILES string of the molecule is COC(=O)C1=CC=CCC1C(=O)Nc1ncc(C(=O)OC)s1. The van der Waals surface area contributed by atoms with Gasteiger partial charge in [0.05, 0.1) is 26.3 Å². The first-order valence-corrected chi connectivity index (χ1v) is 7.18. The van der Waals surface area contributed by atoms with E-state index in [4.69, 9.17) is 0 Å². The maximum atomic E-state index is 12.3. The minimum Gasteiger partial charge on any atom is -0.466 e. The molecule has 0 saturated heterocycles. The fourth-order valence-corrected chi connectivity index (χ4v) is 2.66. The van der Waals surface area contributed by atoms with E-state index in [0.717, 1.165) is 11.3 Å². The standard InChI is InChI=1S/C14H14N2O5S/c1-20-12(18)9-6-4-3-5-8(9)11(17)16-14-15-7-10(22-14)13(19)21-2/h3-4,6-8H,5H2,1-2H3,(H,15,16,17). The molecule has 7 nitrogen and oxygen atoms in total. The van der Waals surface area contributed by atoms with Crippen molar-refractivity contribution in [3.05, 3.63) is 34.9 Å². The molecule has 0 saturated carbocycles. The molecule has 1 aromatic heterocycles. The predicted octanol–water partition coefficient (Wildman–Crippen LogP) is 1.54. The third-order valence-corrected chi connectivity index (χ3v) is 3.91. The van der Waals surface area contributed by atoms with Crippen LogP contribution in [0.4, 0.5) is 5.13 Å². The van der Waals surface area contributed by atoms with Crippen LogP contribution in [-0.4, -0.2) is 37.0 Å². The number of nitrogens with zero attached hydrogens (tertiary/aromatic N) is 1. The molecule has 1 aromatic rings. The third-order valence-electron chi connectivity index (χ3n) is 3.02. The summed E-state index contributed by atoms with van der Waals surface area (Å²) >= 11 is 1.00. The Morgan fingerprint density at radius 3 is 2.68 bits per heavy atom. The predicted molar refractivity (Wildman–Crippen MR) is 79.4 cm³/mol. The number of ether oxygens (including phenoxy) is 2. The molecule has 1 atom stereocenters. The fraction of sp³-hybridized carbons (Fsp3) is 0.286. The summed E-state index contributed by atoms with van der Waals surface area (Å²) in [6.45, 7) is 0. The number of nitrogens with one attached hydrogen (secondary N) is 1. The van der Waals surface area contributed by atoms with E-state index in [0.29, 0.717) is 6.42 Å². The number of aromatic nitrogens is 1. The molecule has 1 heterocycles. The van der Waals surface area contributed by atoms with Gasteiger partial charge in [-0.1, -0.05) is 29.6 Å². The van der Waals surface area contributed by atoms with Crippen LogP contribution in [0.15, 0.2) is 30.0 Å². The van der Waals surface area contributed by atoms with Gasteiger partial charge in [0, 0.05) is 5.57 Å². The lowest BCUT2D eigenvalue weighted by Crippen LogP contribution is -2.28. The van der Waals surface area contributed by atoms with E-state index >= 15 is 0 Å². The zero-order valence-corrected chi connectivity index (χ0v) is 12.8. The molecule has 0 radical (unpaired) electrons. The molecule has 2 rings (SSSR count). The lowest BCUT2D eigenvalue weighted by Gasteiger charge is -2.18. The van der Waals surface area contributed by atoms with Gasteiger partial charge in [-0.25, -0.2) is 14.6 Å². The third kappa shape index (κ3) is 3.40. The summed E-state index contributed by atoms with van der Waals surface area (Å²) < 4.78 is 9.25. The number of methoxy groups -OCH3 is 2. The highest BCUT2D eigenvalue weighted by atomic mass is 32.1. The molecule has 0 bridgehead atoms. The van der Waals surface area contributed by atoms with Crippen molar-refractivity contribution in [3.63, 3.8) is 0 Å². The second-order valence-electron chi connectivity index (χ2n) is 4.34. The van der Waals surface area contributed by atoms with Crippen LogP contribution in [-0.2, 0) is 19.1 Å². The lowest BCUT2D eigenvalue weighted by atomic mass is 9.91. The van der Waals surface area contributed by atoms with E-state index in [-0.39, 0.29) is 21.5 Å². The molecule has 1 unspecified atom stereocenters. The van der Waals surface area contributed by atoms with Crippen LogP contribution in [0.25, 0.3) is 0 Å². The molecular formula is C14H14N2O5S. The molecule has 0 fully saturated rings. The maximum Gasteiger partial charge on any atom is 0.349 e. The van der Waals surface area contributed by atoms with Crippen molar-refractivity contribution in [3.8, 4) is 0 Å². The molecule has 1 aliphatic carbocycles. The second-order valence-corrected chi connectivity index (χ2v) is 5.37. The number of esters is 2. The highest BCUT2D eigenvalue weighted by Crippen LogP contribution is 2.25. The minimum absolute atomic E-state index is 0.268. The van der Waals surface area contributed by atoms with Crippen molar-refractivity contribution in [1.29, 1.82) is 0 Å². The number of hydrogen-bond acceptors (Lipinski definition) is 7. The second kappa shape index (κ2) is 6.99. The maximum absolute atomic E-state index is 12.3. The van der Waals surface area contributed by atoms with Gasteiger partial charge in [-0.2, -0.15) is 0 Å². The first kappa shape index (κ1) is 15.9. The number of allylic oxidation sites excluding steroid dienone is 3. The smallest absolute Gasteiger partial charge is 0.349 e. The summed E-state index contributed by atoms with van der Waals surface area (Å²) in [4.78, 5) is 39.6. The molecule has 1 aliphatic rings. The van der Waals surface area contributed by atoms with Gasteiger partial charge < -0.3 is 14.8 Å². The van der Waals surface area contributed by atoms with E-state index in [2.05, 4.69) is 19.8 Å². The largest absolute Gasteiger partial charge is 0.466 e. The van der Waals surface area contributed by atoms with Gasteiger partial charge in [-0.05, 0) is 6.42 Å². The van der Waals surface area contributed by atoms with E-state index in [1.165, 1.54) is 20.4 Å². The van der Waals surface area contributed by atoms with Crippen LogP contribution in [0, 0.1) is 5.92 Å². The number of carbonyl (C=O) groups excluding carboxylic acids is 3. The number of amides is 1. The zero-order valence-electron chi connectivity index (χ0n) is 12.0. The molecule has 116 valence electrons. The molecule has 0 spiro atoms. The number of anilines is 1.